The van der Waals surface area contributed by atoms with Gasteiger partial charge in [-0.1, -0.05) is 11.6 Å². The van der Waals surface area contributed by atoms with Gasteiger partial charge in [0.05, 0.1) is 18.0 Å². The van der Waals surface area contributed by atoms with E-state index in [0.29, 0.717) is 11.3 Å². The zero-order valence-electron chi connectivity index (χ0n) is 7.35. The summed E-state index contributed by atoms with van der Waals surface area (Å²) in [6.45, 7) is 0. The maximum atomic E-state index is 10.9. The van der Waals surface area contributed by atoms with Gasteiger partial charge >= 0.3 is 5.97 Å². The summed E-state index contributed by atoms with van der Waals surface area (Å²) in [7, 11) is 0. The third kappa shape index (κ3) is 1.69. The largest absolute Gasteiger partial charge is 0.478 e. The van der Waals surface area contributed by atoms with E-state index in [1.54, 1.807) is 12.1 Å². The maximum Gasteiger partial charge on any atom is 0.339 e. The third-order valence-corrected chi connectivity index (χ3v) is 2.07. The lowest BCUT2D eigenvalue weighted by atomic mass is 10.1. The van der Waals surface area contributed by atoms with Crippen molar-refractivity contribution in [3.05, 3.63) is 35.3 Å². The molecule has 0 atom stereocenters. The summed E-state index contributed by atoms with van der Waals surface area (Å²) in [5.41, 5.74) is 0.203. The molecule has 0 fully saturated rings. The Labute approximate surface area is 89.3 Å². The predicted octanol–water partition coefficient (Wildman–Crippen LogP) is 2.09. The monoisotopic (exact) mass is 224 g/mol. The molecule has 2 aromatic rings. The summed E-state index contributed by atoms with van der Waals surface area (Å²) in [4.78, 5) is 10.9. The van der Waals surface area contributed by atoms with E-state index in [9.17, 15) is 4.79 Å². The fraction of sp³-hybridized carbons (Fsp3) is 0. The number of carboxylic acids is 1. The number of aromatic nitrogens is 2. The molecule has 2 aromatic heterocycles. The maximum absolute atomic E-state index is 10.9. The molecule has 0 radical (unpaired) electrons. The summed E-state index contributed by atoms with van der Waals surface area (Å²) >= 11 is 5.65. The number of carbonyl (C=O) groups is 1. The fourth-order valence-corrected chi connectivity index (χ4v) is 1.41. The van der Waals surface area contributed by atoms with Crippen LogP contribution in [0.25, 0.3) is 11.3 Å². The molecule has 6 heteroatoms. The molecule has 0 spiro atoms. The number of nitrogens with zero attached hydrogens (tertiary/aromatic N) is 2. The first-order valence-electron chi connectivity index (χ1n) is 3.98. The molecular weight excluding hydrogens is 220 g/mol. The van der Waals surface area contributed by atoms with Crippen molar-refractivity contribution in [1.29, 1.82) is 0 Å². The first-order chi connectivity index (χ1) is 7.20. The van der Waals surface area contributed by atoms with E-state index in [-0.39, 0.29) is 10.7 Å². The Balaban J connectivity index is 2.66. The van der Waals surface area contributed by atoms with Crippen molar-refractivity contribution in [3.8, 4) is 11.3 Å². The smallest absolute Gasteiger partial charge is 0.339 e. The van der Waals surface area contributed by atoms with Crippen LogP contribution in [0.4, 0.5) is 0 Å². The van der Waals surface area contributed by atoms with Crippen molar-refractivity contribution in [2.45, 2.75) is 0 Å². The average molecular weight is 225 g/mol. The first kappa shape index (κ1) is 9.67. The minimum absolute atomic E-state index is 0.110. The molecule has 5 nitrogen and oxygen atoms in total. The molecule has 1 N–H and O–H groups in total. The van der Waals surface area contributed by atoms with Crippen molar-refractivity contribution >= 4 is 17.6 Å². The summed E-state index contributed by atoms with van der Waals surface area (Å²) in [6.07, 6.45) is 2.74. The second kappa shape index (κ2) is 3.70. The van der Waals surface area contributed by atoms with E-state index in [0.717, 1.165) is 0 Å². The van der Waals surface area contributed by atoms with E-state index >= 15 is 0 Å². The Morgan fingerprint density at radius 3 is 2.93 bits per heavy atom. The second-order valence-corrected chi connectivity index (χ2v) is 3.06. The number of halogens is 1. The van der Waals surface area contributed by atoms with Gasteiger partial charge in [-0.05, 0) is 12.1 Å². The van der Waals surface area contributed by atoms with Crippen molar-refractivity contribution in [1.82, 2.24) is 10.2 Å². The van der Waals surface area contributed by atoms with Crippen molar-refractivity contribution in [3.63, 3.8) is 0 Å². The van der Waals surface area contributed by atoms with Crippen LogP contribution in [-0.4, -0.2) is 21.3 Å². The molecule has 0 saturated heterocycles. The Morgan fingerprint density at radius 1 is 1.53 bits per heavy atom. The van der Waals surface area contributed by atoms with Crippen LogP contribution in [-0.2, 0) is 0 Å². The Bertz CT molecular complexity index is 496. The predicted molar refractivity (Wildman–Crippen MR) is 51.7 cm³/mol. The molecule has 0 saturated carbocycles. The second-order valence-electron chi connectivity index (χ2n) is 2.71. The Kier molecular flexibility index (Phi) is 2.39. The summed E-state index contributed by atoms with van der Waals surface area (Å²) in [5.74, 6) is -0.773. The number of hydrogen-bond donors (Lipinski definition) is 1. The van der Waals surface area contributed by atoms with Crippen LogP contribution in [0.3, 0.4) is 0 Å². The molecular formula is C9H5ClN2O3. The highest BCUT2D eigenvalue weighted by molar-refractivity contribution is 6.32. The van der Waals surface area contributed by atoms with Crippen LogP contribution in [0.15, 0.2) is 29.0 Å². The summed E-state index contributed by atoms with van der Waals surface area (Å²) in [6, 6.07) is 3.27. The van der Waals surface area contributed by atoms with Gasteiger partial charge in [0.15, 0.2) is 5.15 Å². The van der Waals surface area contributed by atoms with Gasteiger partial charge < -0.3 is 9.52 Å². The highest BCUT2D eigenvalue weighted by atomic mass is 35.5. The van der Waals surface area contributed by atoms with Gasteiger partial charge in [0.2, 0.25) is 0 Å². The molecule has 0 aliphatic rings. The molecule has 76 valence electrons. The normalized spacial score (nSPS) is 10.2. The van der Waals surface area contributed by atoms with Gasteiger partial charge in [-0.25, -0.2) is 4.79 Å². The molecule has 0 amide bonds. The molecule has 2 rings (SSSR count). The van der Waals surface area contributed by atoms with Crippen molar-refractivity contribution < 1.29 is 14.3 Å². The summed E-state index contributed by atoms with van der Waals surface area (Å²) < 4.78 is 5.08. The van der Waals surface area contributed by atoms with Gasteiger partial charge in [0.1, 0.15) is 11.3 Å². The lowest BCUT2D eigenvalue weighted by Gasteiger charge is -2.02. The first-order valence-corrected chi connectivity index (χ1v) is 4.36. The summed E-state index contributed by atoms with van der Waals surface area (Å²) in [5, 5.41) is 15.8. The standard InChI is InChI=1S/C9H5ClN2O3/c10-8-7(9(13)14)5(4-11-12-8)6-2-1-3-15-6/h1-4H,(H,13,14). The number of rotatable bonds is 2. The van der Waals surface area contributed by atoms with Crippen LogP contribution in [0.5, 0.6) is 0 Å². The van der Waals surface area contributed by atoms with Crippen LogP contribution < -0.4 is 0 Å². The highest BCUT2D eigenvalue weighted by Crippen LogP contribution is 2.26. The van der Waals surface area contributed by atoms with Crippen LogP contribution in [0, 0.1) is 0 Å². The van der Waals surface area contributed by atoms with Crippen LogP contribution >= 0.6 is 11.6 Å². The van der Waals surface area contributed by atoms with Gasteiger partial charge in [-0.15, -0.1) is 5.10 Å². The van der Waals surface area contributed by atoms with Crippen molar-refractivity contribution in [2.75, 3.05) is 0 Å². The highest BCUT2D eigenvalue weighted by Gasteiger charge is 2.18. The fourth-order valence-electron chi connectivity index (χ4n) is 1.19. The molecule has 2 heterocycles. The van der Waals surface area contributed by atoms with E-state index in [1.165, 1.54) is 12.5 Å². The molecule has 15 heavy (non-hydrogen) atoms. The number of hydrogen-bond acceptors (Lipinski definition) is 4. The van der Waals surface area contributed by atoms with Crippen LogP contribution in [0.2, 0.25) is 5.15 Å². The average Bonchev–Trinajstić information content (AvgIpc) is 2.69. The quantitative estimate of drug-likeness (QED) is 0.845. The lowest BCUT2D eigenvalue weighted by Crippen LogP contribution is -2.03. The lowest BCUT2D eigenvalue weighted by molar-refractivity contribution is 0.0697. The van der Waals surface area contributed by atoms with E-state index in [4.69, 9.17) is 21.1 Å². The van der Waals surface area contributed by atoms with E-state index in [2.05, 4.69) is 10.2 Å². The topological polar surface area (TPSA) is 76.2 Å². The zero-order chi connectivity index (χ0) is 10.8. The minimum atomic E-state index is -1.17. The molecule has 0 aromatic carbocycles. The number of carboxylic acid groups (broad SMARTS) is 1. The van der Waals surface area contributed by atoms with Crippen molar-refractivity contribution in [2.24, 2.45) is 0 Å². The SMILES string of the molecule is O=C(O)c1c(-c2ccco2)cnnc1Cl. The third-order valence-electron chi connectivity index (χ3n) is 1.81. The molecule has 0 unspecified atom stereocenters. The Morgan fingerprint density at radius 2 is 2.33 bits per heavy atom. The van der Waals surface area contributed by atoms with Gasteiger partial charge in [-0.3, -0.25) is 0 Å². The number of aromatic carboxylic acids is 1. The molecule has 0 aliphatic carbocycles. The van der Waals surface area contributed by atoms with Gasteiger partial charge in [0, 0.05) is 0 Å². The van der Waals surface area contributed by atoms with E-state index in [1.807, 2.05) is 0 Å². The van der Waals surface area contributed by atoms with Gasteiger partial charge in [0.25, 0.3) is 0 Å². The number of furan rings is 1. The van der Waals surface area contributed by atoms with Crippen LogP contribution in [0.1, 0.15) is 10.4 Å². The molecule has 0 aliphatic heterocycles. The van der Waals surface area contributed by atoms with E-state index < -0.39 is 5.97 Å². The Hall–Kier alpha value is -1.88. The zero-order valence-corrected chi connectivity index (χ0v) is 8.10. The minimum Gasteiger partial charge on any atom is -0.478 e. The van der Waals surface area contributed by atoms with Gasteiger partial charge in [-0.2, -0.15) is 5.10 Å². The molecule has 0 bridgehead atoms.